The highest BCUT2D eigenvalue weighted by Crippen LogP contribution is 2.38. The maximum absolute atomic E-state index is 13.7. The number of alkyl halides is 3. The van der Waals surface area contributed by atoms with Crippen LogP contribution in [-0.2, 0) is 11.0 Å². The number of rotatable bonds is 6. The Morgan fingerprint density at radius 1 is 1.20 bits per heavy atom. The molecule has 0 aliphatic rings. The Balaban J connectivity index is 2.18. The molecule has 0 aliphatic heterocycles. The second-order valence-electron chi connectivity index (χ2n) is 6.32. The molecular weight excluding hydrogens is 437 g/mol. The van der Waals surface area contributed by atoms with Crippen LogP contribution in [0.15, 0.2) is 53.7 Å². The van der Waals surface area contributed by atoms with Crippen molar-refractivity contribution in [2.24, 2.45) is 0 Å². The zero-order valence-electron chi connectivity index (χ0n) is 16.1. The van der Waals surface area contributed by atoms with E-state index in [1.807, 2.05) is 0 Å². The molecule has 0 spiro atoms. The van der Waals surface area contributed by atoms with Crippen LogP contribution in [0.3, 0.4) is 0 Å². The minimum Gasteiger partial charge on any atom is -0.355 e. The molecule has 1 aromatic heterocycles. The first-order valence-corrected chi connectivity index (χ1v) is 10.3. The van der Waals surface area contributed by atoms with Gasteiger partial charge in [0.15, 0.2) is 11.0 Å². The number of thioether (sulfide) groups is 1. The Hall–Kier alpha value is -2.52. The fraction of sp³-hybridized carbons (Fsp3) is 0.250. The number of carbonyl (C=O) groups excluding carboxylic acids is 1. The van der Waals surface area contributed by atoms with E-state index in [9.17, 15) is 18.0 Å². The Bertz CT molecular complexity index is 1050. The van der Waals surface area contributed by atoms with Crippen molar-refractivity contribution >= 4 is 29.3 Å². The smallest absolute Gasteiger partial charge is 0.355 e. The maximum Gasteiger partial charge on any atom is 0.418 e. The largest absolute Gasteiger partial charge is 0.418 e. The SMILES string of the molecule is CCNC(=O)C(C)Sc1nnc(-c2cccc(Cl)c2)n1-c1ccccc1C(F)(F)F. The fourth-order valence-electron chi connectivity index (χ4n) is 2.82. The van der Waals surface area contributed by atoms with Crippen molar-refractivity contribution in [3.8, 4) is 17.1 Å². The normalized spacial score (nSPS) is 12.6. The van der Waals surface area contributed by atoms with E-state index in [1.54, 1.807) is 38.1 Å². The van der Waals surface area contributed by atoms with Crippen LogP contribution in [0.2, 0.25) is 5.02 Å². The first-order valence-electron chi connectivity index (χ1n) is 9.04. The van der Waals surface area contributed by atoms with E-state index >= 15 is 0 Å². The molecule has 3 aromatic rings. The van der Waals surface area contributed by atoms with Crippen molar-refractivity contribution in [2.75, 3.05) is 6.54 Å². The third-order valence-electron chi connectivity index (χ3n) is 4.17. The minimum absolute atomic E-state index is 0.129. The van der Waals surface area contributed by atoms with E-state index in [1.165, 1.54) is 22.8 Å². The van der Waals surface area contributed by atoms with Crippen LogP contribution in [0.4, 0.5) is 13.2 Å². The summed E-state index contributed by atoms with van der Waals surface area (Å²) in [6.07, 6.45) is -4.58. The molecule has 1 atom stereocenters. The van der Waals surface area contributed by atoms with Crippen LogP contribution in [-0.4, -0.2) is 32.5 Å². The van der Waals surface area contributed by atoms with E-state index in [0.717, 1.165) is 17.8 Å². The fourth-order valence-corrected chi connectivity index (χ4v) is 3.89. The van der Waals surface area contributed by atoms with Crippen LogP contribution in [0, 0.1) is 0 Å². The summed E-state index contributed by atoms with van der Waals surface area (Å²) in [4.78, 5) is 12.2. The average Bonchev–Trinajstić information content (AvgIpc) is 3.11. The first-order chi connectivity index (χ1) is 14.2. The number of hydrogen-bond donors (Lipinski definition) is 1. The summed E-state index contributed by atoms with van der Waals surface area (Å²) in [5.74, 6) is -0.0507. The molecule has 1 amide bonds. The lowest BCUT2D eigenvalue weighted by atomic mass is 10.1. The predicted octanol–water partition coefficient (Wildman–Crippen LogP) is 5.22. The van der Waals surface area contributed by atoms with Gasteiger partial charge in [-0.2, -0.15) is 13.2 Å². The van der Waals surface area contributed by atoms with Gasteiger partial charge in [0, 0.05) is 17.1 Å². The molecule has 0 saturated heterocycles. The molecule has 10 heteroatoms. The number of carbonyl (C=O) groups is 1. The van der Waals surface area contributed by atoms with E-state index in [2.05, 4.69) is 15.5 Å². The van der Waals surface area contributed by atoms with Crippen molar-refractivity contribution in [1.29, 1.82) is 0 Å². The highest BCUT2D eigenvalue weighted by molar-refractivity contribution is 8.00. The number of nitrogens with one attached hydrogen (secondary N) is 1. The van der Waals surface area contributed by atoms with Crippen molar-refractivity contribution in [1.82, 2.24) is 20.1 Å². The Labute approximate surface area is 180 Å². The number of aromatic nitrogens is 3. The lowest BCUT2D eigenvalue weighted by Crippen LogP contribution is -2.30. The summed E-state index contributed by atoms with van der Waals surface area (Å²) in [6, 6.07) is 11.8. The zero-order valence-corrected chi connectivity index (χ0v) is 17.6. The van der Waals surface area contributed by atoms with Gasteiger partial charge in [0.25, 0.3) is 0 Å². The highest BCUT2D eigenvalue weighted by Gasteiger charge is 2.35. The first kappa shape index (κ1) is 22.2. The van der Waals surface area contributed by atoms with Gasteiger partial charge >= 0.3 is 6.18 Å². The third kappa shape index (κ3) is 4.79. The van der Waals surface area contributed by atoms with E-state index < -0.39 is 17.0 Å². The number of amides is 1. The standard InChI is InChI=1S/C20H18ClF3N4OS/c1-3-25-18(29)12(2)30-19-27-26-17(13-7-6-8-14(21)11-13)28(19)16-10-5-4-9-15(16)20(22,23)24/h4-12H,3H2,1-2H3,(H,25,29). The molecule has 0 aliphatic carbocycles. The van der Waals surface area contributed by atoms with E-state index in [4.69, 9.17) is 11.6 Å². The highest BCUT2D eigenvalue weighted by atomic mass is 35.5. The Morgan fingerprint density at radius 2 is 1.93 bits per heavy atom. The third-order valence-corrected chi connectivity index (χ3v) is 5.45. The van der Waals surface area contributed by atoms with Crippen LogP contribution in [0.25, 0.3) is 17.1 Å². The van der Waals surface area contributed by atoms with Crippen LogP contribution in [0.1, 0.15) is 19.4 Å². The van der Waals surface area contributed by atoms with Gasteiger partial charge in [0.05, 0.1) is 16.5 Å². The predicted molar refractivity (Wildman–Crippen MR) is 111 cm³/mol. The van der Waals surface area contributed by atoms with Gasteiger partial charge in [-0.05, 0) is 38.1 Å². The van der Waals surface area contributed by atoms with Gasteiger partial charge in [-0.15, -0.1) is 10.2 Å². The summed E-state index contributed by atoms with van der Waals surface area (Å²) in [5.41, 5.74) is -0.458. The van der Waals surface area contributed by atoms with Gasteiger partial charge in [-0.1, -0.05) is 47.6 Å². The van der Waals surface area contributed by atoms with Gasteiger partial charge in [0.1, 0.15) is 0 Å². The molecule has 3 rings (SSSR count). The average molecular weight is 455 g/mol. The molecule has 30 heavy (non-hydrogen) atoms. The van der Waals surface area contributed by atoms with Gasteiger partial charge in [-0.3, -0.25) is 9.36 Å². The van der Waals surface area contributed by atoms with E-state index in [0.29, 0.717) is 17.1 Å². The molecule has 1 N–H and O–H groups in total. The van der Waals surface area contributed by atoms with Gasteiger partial charge in [0.2, 0.25) is 5.91 Å². The van der Waals surface area contributed by atoms with Crippen LogP contribution >= 0.6 is 23.4 Å². The van der Waals surface area contributed by atoms with Crippen molar-refractivity contribution in [2.45, 2.75) is 30.4 Å². The quantitative estimate of drug-likeness (QED) is 0.518. The monoisotopic (exact) mass is 454 g/mol. The second-order valence-corrected chi connectivity index (χ2v) is 8.07. The molecule has 0 radical (unpaired) electrons. The van der Waals surface area contributed by atoms with Crippen LogP contribution in [0.5, 0.6) is 0 Å². The Kier molecular flexibility index (Phi) is 6.72. The molecule has 5 nitrogen and oxygen atoms in total. The number of para-hydroxylation sites is 1. The van der Waals surface area contributed by atoms with Gasteiger partial charge < -0.3 is 5.32 Å². The minimum atomic E-state index is -4.58. The molecule has 1 unspecified atom stereocenters. The lowest BCUT2D eigenvalue weighted by Gasteiger charge is -2.17. The van der Waals surface area contributed by atoms with E-state index in [-0.39, 0.29) is 22.6 Å². The molecule has 0 fully saturated rings. The summed E-state index contributed by atoms with van der Waals surface area (Å²) >= 11 is 7.10. The number of hydrogen-bond acceptors (Lipinski definition) is 4. The second kappa shape index (κ2) is 9.09. The molecule has 1 heterocycles. The summed E-state index contributed by atoms with van der Waals surface area (Å²) < 4.78 is 42.5. The maximum atomic E-state index is 13.7. The molecule has 0 bridgehead atoms. The van der Waals surface area contributed by atoms with Crippen molar-refractivity contribution in [3.63, 3.8) is 0 Å². The molecule has 158 valence electrons. The Morgan fingerprint density at radius 3 is 2.60 bits per heavy atom. The topological polar surface area (TPSA) is 59.8 Å². The lowest BCUT2D eigenvalue weighted by molar-refractivity contribution is -0.137. The summed E-state index contributed by atoms with van der Waals surface area (Å²) in [5, 5.41) is 10.9. The summed E-state index contributed by atoms with van der Waals surface area (Å²) in [6.45, 7) is 3.89. The zero-order chi connectivity index (χ0) is 21.9. The molecular formula is C20H18ClF3N4OS. The van der Waals surface area contributed by atoms with Gasteiger partial charge in [-0.25, -0.2) is 0 Å². The van der Waals surface area contributed by atoms with Crippen molar-refractivity contribution < 1.29 is 18.0 Å². The molecule has 2 aromatic carbocycles. The number of nitrogens with zero attached hydrogens (tertiary/aromatic N) is 3. The van der Waals surface area contributed by atoms with Crippen LogP contribution < -0.4 is 5.32 Å². The number of halogens is 4. The van der Waals surface area contributed by atoms with Crippen molar-refractivity contribution in [3.05, 3.63) is 59.1 Å². The summed E-state index contributed by atoms with van der Waals surface area (Å²) in [7, 11) is 0. The molecule has 0 saturated carbocycles. The number of benzene rings is 2.